The predicted octanol–water partition coefficient (Wildman–Crippen LogP) is -11.2. The summed E-state index contributed by atoms with van der Waals surface area (Å²) in [7, 11) is 0. The summed E-state index contributed by atoms with van der Waals surface area (Å²) in [5, 5.41) is 247. The lowest BCUT2D eigenvalue weighted by molar-refractivity contribution is -0.103. The van der Waals surface area contributed by atoms with Crippen LogP contribution in [0, 0.1) is 27.6 Å². The van der Waals surface area contributed by atoms with Crippen LogP contribution in [0.25, 0.3) is 0 Å². The van der Waals surface area contributed by atoms with Crippen molar-refractivity contribution < 1.29 is 153 Å². The van der Waals surface area contributed by atoms with Crippen molar-refractivity contribution >= 4 is 0 Å². The highest BCUT2D eigenvalue weighted by Crippen LogP contribution is 2.21. The molecule has 476 valence electrons. The number of aliphatic hydroxyl groups is 29. The molecule has 0 heterocycles. The van der Waals surface area contributed by atoms with Gasteiger partial charge in [0.25, 0.3) is 0 Å². The van der Waals surface area contributed by atoms with E-state index in [-0.39, 0.29) is 91.8 Å². The molecule has 0 radical (unpaired) electrons. The number of hydrogen-bond acceptors (Lipinski definition) is 30. The normalized spacial score (nSPS) is 15.8. The van der Waals surface area contributed by atoms with Gasteiger partial charge >= 0.3 is 0 Å². The van der Waals surface area contributed by atoms with Crippen molar-refractivity contribution in [2.24, 2.45) is 27.6 Å². The molecule has 0 bridgehead atoms. The number of aliphatic hydroxyl groups excluding tert-OH is 29. The van der Waals surface area contributed by atoms with Gasteiger partial charge in [-0.15, -0.1) is 0 Å². The van der Waals surface area contributed by atoms with Crippen molar-refractivity contribution in [1.29, 1.82) is 0 Å². The molecule has 1 fully saturated rings. The molecule has 0 aliphatic heterocycles. The number of hydrogen-bond donors (Lipinski definition) is 29. The highest BCUT2D eigenvalue weighted by molar-refractivity contribution is 5.21. The fourth-order valence-electron chi connectivity index (χ4n) is 4.18. The Morgan fingerprint density at radius 3 is 0.731 bits per heavy atom. The zero-order chi connectivity index (χ0) is 62.2. The van der Waals surface area contributed by atoms with Gasteiger partial charge in [-0.2, -0.15) is 0 Å². The third-order valence-electron chi connectivity index (χ3n) is 10.9. The quantitative estimate of drug-likeness (QED) is 0.0370. The Morgan fingerprint density at radius 2 is 0.628 bits per heavy atom. The van der Waals surface area contributed by atoms with Gasteiger partial charge in [0.05, 0.1) is 187 Å². The summed E-state index contributed by atoms with van der Waals surface area (Å²) in [5.74, 6) is 0.0463. The van der Waals surface area contributed by atoms with Gasteiger partial charge in [-0.25, -0.2) is 0 Å². The molecule has 2 atom stereocenters. The Balaban J connectivity index is -0.000000149. The first-order valence-corrected chi connectivity index (χ1v) is 24.6. The van der Waals surface area contributed by atoms with Crippen LogP contribution >= 0.6 is 0 Å². The monoisotopic (exact) mass is 1160 g/mol. The molecule has 1 aromatic carbocycles. The smallest absolute Gasteiger partial charge is 0.105 e. The number of rotatable bonds is 28. The van der Waals surface area contributed by atoms with Crippen molar-refractivity contribution in [3.05, 3.63) is 35.4 Å². The van der Waals surface area contributed by atoms with Crippen LogP contribution in [0.1, 0.15) is 50.7 Å². The highest BCUT2D eigenvalue weighted by Gasteiger charge is 2.33. The molecule has 0 spiro atoms. The van der Waals surface area contributed by atoms with Crippen LogP contribution in [0.2, 0.25) is 0 Å². The Bertz CT molecular complexity index is 1130. The van der Waals surface area contributed by atoms with Crippen molar-refractivity contribution in [3.8, 4) is 0 Å². The van der Waals surface area contributed by atoms with Gasteiger partial charge in [-0.05, 0) is 36.8 Å². The van der Waals surface area contributed by atoms with E-state index in [4.69, 9.17) is 153 Å². The van der Waals surface area contributed by atoms with Crippen molar-refractivity contribution in [1.82, 2.24) is 0 Å². The Morgan fingerprint density at radius 1 is 0.385 bits per heavy atom. The van der Waals surface area contributed by atoms with Gasteiger partial charge in [0, 0.05) is 24.5 Å². The molecule has 30 nitrogen and oxygen atoms in total. The molecular weight excluding hydrogens is 1060 g/mol. The minimum absolute atomic E-state index is 0.0463. The minimum atomic E-state index is -1.22. The first kappa shape index (κ1) is 89.8. The van der Waals surface area contributed by atoms with Crippen molar-refractivity contribution in [2.45, 2.75) is 89.4 Å². The average molecular weight is 1160 g/mol. The van der Waals surface area contributed by atoms with Crippen LogP contribution in [0.4, 0.5) is 0 Å². The molecule has 1 aliphatic rings. The maximum absolute atomic E-state index is 9.03. The van der Waals surface area contributed by atoms with Crippen molar-refractivity contribution in [2.75, 3.05) is 152 Å². The fourth-order valence-corrected chi connectivity index (χ4v) is 4.18. The van der Waals surface area contributed by atoms with Gasteiger partial charge < -0.3 is 153 Å². The van der Waals surface area contributed by atoms with E-state index in [1.165, 1.54) is 0 Å². The van der Waals surface area contributed by atoms with Gasteiger partial charge in [0.1, 0.15) is 18.3 Å². The van der Waals surface area contributed by atoms with E-state index in [1.807, 2.05) is 6.92 Å². The molecule has 30 heteroatoms. The van der Waals surface area contributed by atoms with Gasteiger partial charge in [-0.1, -0.05) is 38.1 Å². The van der Waals surface area contributed by atoms with Crippen LogP contribution < -0.4 is 0 Å². The molecule has 78 heavy (non-hydrogen) atoms. The minimum Gasteiger partial charge on any atom is -0.396 e. The second-order valence-corrected chi connectivity index (χ2v) is 18.1. The zero-order valence-electron chi connectivity index (χ0n) is 45.2. The first-order valence-electron chi connectivity index (χ1n) is 24.6. The molecule has 29 N–H and O–H groups in total. The maximum atomic E-state index is 9.03. The summed E-state index contributed by atoms with van der Waals surface area (Å²) in [4.78, 5) is 0. The third-order valence-corrected chi connectivity index (χ3v) is 10.9. The Kier molecular flexibility index (Phi) is 68.7. The highest BCUT2D eigenvalue weighted by atomic mass is 16.5. The summed E-state index contributed by atoms with van der Waals surface area (Å²) >= 11 is 0. The van der Waals surface area contributed by atoms with E-state index >= 15 is 0 Å². The molecule has 1 aromatic rings. The molecule has 0 saturated heterocycles. The molecule has 1 aliphatic carbocycles. The van der Waals surface area contributed by atoms with Gasteiger partial charge in [0.2, 0.25) is 0 Å². The number of benzene rings is 1. The lowest BCUT2D eigenvalue weighted by Crippen LogP contribution is -2.43. The summed E-state index contributed by atoms with van der Waals surface area (Å²) < 4.78 is 5.15. The van der Waals surface area contributed by atoms with Crippen LogP contribution in [0.3, 0.4) is 0 Å². The molecular formula is C48H104O30. The summed E-state index contributed by atoms with van der Waals surface area (Å²) in [6, 6.07) is 7.19. The van der Waals surface area contributed by atoms with Crippen molar-refractivity contribution in [3.63, 3.8) is 0 Å². The molecule has 0 amide bonds. The van der Waals surface area contributed by atoms with Crippen LogP contribution in [0.5, 0.6) is 0 Å². The summed E-state index contributed by atoms with van der Waals surface area (Å²) in [6.45, 7) is -3.25. The van der Waals surface area contributed by atoms with E-state index in [1.54, 1.807) is 31.2 Å². The van der Waals surface area contributed by atoms with E-state index in [0.717, 1.165) is 11.1 Å². The van der Waals surface area contributed by atoms with E-state index in [2.05, 4.69) is 0 Å². The lowest BCUT2D eigenvalue weighted by atomic mass is 9.88. The second kappa shape index (κ2) is 59.6. The number of ether oxygens (including phenoxy) is 1. The molecule has 1 saturated carbocycles. The average Bonchev–Trinajstić information content (AvgIpc) is 3.49. The van der Waals surface area contributed by atoms with Gasteiger partial charge in [0.15, 0.2) is 0 Å². The molecule has 2 rings (SSSR count). The Hall–Kier alpha value is -1.98. The second-order valence-electron chi connectivity index (χ2n) is 18.1. The maximum Gasteiger partial charge on any atom is 0.105 e. The van der Waals surface area contributed by atoms with Crippen LogP contribution in [-0.2, 0) is 18.0 Å². The topological polar surface area (TPSA) is 596 Å². The molecule has 0 aromatic heterocycles. The van der Waals surface area contributed by atoms with E-state index < -0.39 is 138 Å². The van der Waals surface area contributed by atoms with E-state index in [9.17, 15) is 0 Å². The van der Waals surface area contributed by atoms with Gasteiger partial charge in [-0.3, -0.25) is 0 Å². The largest absolute Gasteiger partial charge is 0.396 e. The predicted molar refractivity (Wildman–Crippen MR) is 277 cm³/mol. The van der Waals surface area contributed by atoms with E-state index in [0.29, 0.717) is 25.7 Å². The summed E-state index contributed by atoms with van der Waals surface area (Å²) in [5.41, 5.74) is -2.35. The fraction of sp³-hybridized carbons (Fsp3) is 0.875. The standard InChI is InChI=1S/C10H22O7.C8H10O2.C6H12O3.C6H14O3.C5H12O4.C4H10O4.C4H10O2.C3H8O3.C2H6O2/c11-1-9(2-12,3-13)7-17-8-10(4-14,5-15)6-16;9-5-7-1-2-8(6-10)4-3-7;7-4-1-5(8)3-6(9)2-4;1-2-6(3-7,4-8)5-9;6-1-5(2-7,3-8)4-9;5-1-3(7)4(8)2-6;1-4(2-5)3-6;4-1-3(6)2-5;3-1-2-4/h11-16H,1-8H2;1-4,9-10H,5-6H2;4-9H,1-3H2;7-9H,2-5H2,1H3;6-9H,1-4H2;3-8H,1-2H2;4-6H,2-3H2,1H3;3-6H,1-2H2;3-4H,1-2H2. The first-order chi connectivity index (χ1) is 36.9. The lowest BCUT2D eigenvalue weighted by Gasteiger charge is -2.31. The third kappa shape index (κ3) is 47.6. The summed E-state index contributed by atoms with van der Waals surface area (Å²) in [6.07, 6.45) is -3.09. The Labute approximate surface area is 456 Å². The SMILES string of the molecule is CC(CO)CO.CCC(CO)(CO)CO.OC1CC(O)CC(O)C1.OCC(CO)(CO)CO.OCC(CO)(CO)COCC(CO)(CO)CO.OCC(O)C(O)CO.OCC(O)CO.OCCO.OCc1ccc(CO)cc1. The zero-order valence-corrected chi connectivity index (χ0v) is 45.2. The molecule has 2 unspecified atom stereocenters. The van der Waals surface area contributed by atoms with Crippen LogP contribution in [0.15, 0.2) is 24.3 Å². The van der Waals surface area contributed by atoms with Crippen LogP contribution in [-0.4, -0.2) is 337 Å².